The van der Waals surface area contributed by atoms with Crippen LogP contribution < -0.4 is 4.90 Å². The first-order valence-corrected chi connectivity index (χ1v) is 9.45. The van der Waals surface area contributed by atoms with Crippen molar-refractivity contribution in [3.63, 3.8) is 0 Å². The summed E-state index contributed by atoms with van der Waals surface area (Å²) in [7, 11) is 0. The maximum atomic E-state index is 9.64. The summed E-state index contributed by atoms with van der Waals surface area (Å²) >= 11 is 0. The molecule has 0 spiro atoms. The quantitative estimate of drug-likeness (QED) is 0.574. The van der Waals surface area contributed by atoms with Crippen LogP contribution in [0.2, 0.25) is 0 Å². The van der Waals surface area contributed by atoms with Gasteiger partial charge >= 0.3 is 0 Å². The number of oxime groups is 1. The van der Waals surface area contributed by atoms with Gasteiger partial charge in [0.2, 0.25) is 0 Å². The van der Waals surface area contributed by atoms with Gasteiger partial charge in [0.1, 0.15) is 0 Å². The predicted molar refractivity (Wildman–Crippen MR) is 96.7 cm³/mol. The van der Waals surface area contributed by atoms with Crippen molar-refractivity contribution in [2.24, 2.45) is 5.16 Å². The lowest BCUT2D eigenvalue weighted by molar-refractivity contribution is 0.313. The SMILES string of the molecule is O/N=C1\CCCCCCCCCC[C@H]1N1CCc2ccccc21. The fourth-order valence-electron chi connectivity index (χ4n) is 4.18. The molecule has 3 rings (SSSR count). The van der Waals surface area contributed by atoms with Gasteiger partial charge in [0.15, 0.2) is 0 Å². The molecule has 1 N–H and O–H groups in total. The van der Waals surface area contributed by atoms with Crippen molar-refractivity contribution in [3.05, 3.63) is 29.8 Å². The molecule has 1 atom stereocenters. The maximum absolute atomic E-state index is 9.64. The number of hydrogen-bond acceptors (Lipinski definition) is 3. The van der Waals surface area contributed by atoms with E-state index in [1.165, 1.54) is 56.2 Å². The molecule has 3 nitrogen and oxygen atoms in total. The molecule has 0 amide bonds. The van der Waals surface area contributed by atoms with Crippen LogP contribution in [0, 0.1) is 0 Å². The second-order valence-electron chi connectivity index (χ2n) is 7.05. The van der Waals surface area contributed by atoms with Crippen LogP contribution in [-0.2, 0) is 6.42 Å². The summed E-state index contributed by atoms with van der Waals surface area (Å²) in [5, 5.41) is 13.4. The number of benzene rings is 1. The van der Waals surface area contributed by atoms with Gasteiger partial charge in [-0.1, -0.05) is 68.3 Å². The zero-order chi connectivity index (χ0) is 15.9. The Bertz CT molecular complexity index is 526. The predicted octanol–water partition coefficient (Wildman–Crippen LogP) is 5.16. The Balaban J connectivity index is 1.77. The second-order valence-corrected chi connectivity index (χ2v) is 7.05. The summed E-state index contributed by atoms with van der Waals surface area (Å²) < 4.78 is 0. The van der Waals surface area contributed by atoms with E-state index in [2.05, 4.69) is 34.3 Å². The molecule has 1 aliphatic heterocycles. The van der Waals surface area contributed by atoms with Gasteiger partial charge in [0.05, 0.1) is 11.8 Å². The Morgan fingerprint density at radius 1 is 0.870 bits per heavy atom. The minimum atomic E-state index is 0.281. The highest BCUT2D eigenvalue weighted by Gasteiger charge is 2.29. The highest BCUT2D eigenvalue weighted by molar-refractivity contribution is 5.92. The van der Waals surface area contributed by atoms with Gasteiger partial charge in [-0.15, -0.1) is 0 Å². The Morgan fingerprint density at radius 2 is 1.57 bits per heavy atom. The van der Waals surface area contributed by atoms with E-state index < -0.39 is 0 Å². The average Bonchev–Trinajstić information content (AvgIpc) is 2.99. The van der Waals surface area contributed by atoms with Crippen LogP contribution >= 0.6 is 0 Å². The van der Waals surface area contributed by atoms with Crippen LogP contribution in [0.15, 0.2) is 29.4 Å². The minimum absolute atomic E-state index is 0.281. The van der Waals surface area contributed by atoms with E-state index in [0.29, 0.717) is 0 Å². The third-order valence-corrected chi connectivity index (χ3v) is 5.47. The normalized spacial score (nSPS) is 25.7. The Morgan fingerprint density at radius 3 is 2.35 bits per heavy atom. The van der Waals surface area contributed by atoms with Gasteiger partial charge < -0.3 is 10.1 Å². The number of anilines is 1. The summed E-state index contributed by atoms with van der Waals surface area (Å²) in [6.07, 6.45) is 13.6. The number of rotatable bonds is 1. The summed E-state index contributed by atoms with van der Waals surface area (Å²) in [4.78, 5) is 2.50. The minimum Gasteiger partial charge on any atom is -0.411 e. The molecular weight excluding hydrogens is 284 g/mol. The fourth-order valence-corrected chi connectivity index (χ4v) is 4.18. The van der Waals surface area contributed by atoms with E-state index in [4.69, 9.17) is 0 Å². The van der Waals surface area contributed by atoms with Gasteiger partial charge in [-0.25, -0.2) is 0 Å². The van der Waals surface area contributed by atoms with Gasteiger partial charge in [-0.2, -0.15) is 0 Å². The number of hydrogen-bond donors (Lipinski definition) is 1. The van der Waals surface area contributed by atoms with Crippen LogP contribution in [-0.4, -0.2) is 23.5 Å². The molecule has 0 radical (unpaired) electrons. The zero-order valence-electron chi connectivity index (χ0n) is 14.2. The van der Waals surface area contributed by atoms with Crippen LogP contribution in [0.25, 0.3) is 0 Å². The summed E-state index contributed by atoms with van der Waals surface area (Å²) in [6, 6.07) is 9.00. The van der Waals surface area contributed by atoms with E-state index in [9.17, 15) is 5.21 Å². The first-order chi connectivity index (χ1) is 11.4. The summed E-state index contributed by atoms with van der Waals surface area (Å²) in [6.45, 7) is 1.06. The van der Waals surface area contributed by atoms with Crippen LogP contribution in [0.1, 0.15) is 69.8 Å². The molecule has 1 saturated carbocycles. The third kappa shape index (κ3) is 4.07. The van der Waals surface area contributed by atoms with Crippen molar-refractivity contribution in [1.29, 1.82) is 0 Å². The first kappa shape index (κ1) is 16.4. The molecule has 0 unspecified atom stereocenters. The van der Waals surface area contributed by atoms with Gasteiger partial charge in [-0.3, -0.25) is 0 Å². The monoisotopic (exact) mass is 314 g/mol. The molecule has 1 aromatic carbocycles. The van der Waals surface area contributed by atoms with E-state index in [-0.39, 0.29) is 6.04 Å². The molecular formula is C20H30N2O. The van der Waals surface area contributed by atoms with E-state index in [0.717, 1.165) is 37.9 Å². The van der Waals surface area contributed by atoms with E-state index >= 15 is 0 Å². The van der Waals surface area contributed by atoms with Crippen molar-refractivity contribution in [3.8, 4) is 0 Å². The first-order valence-electron chi connectivity index (χ1n) is 9.45. The lowest BCUT2D eigenvalue weighted by Crippen LogP contribution is -2.40. The molecule has 2 aliphatic rings. The van der Waals surface area contributed by atoms with Gasteiger partial charge in [-0.05, 0) is 37.3 Å². The molecule has 1 aromatic rings. The van der Waals surface area contributed by atoms with E-state index in [1.807, 2.05) is 0 Å². The van der Waals surface area contributed by atoms with Gasteiger partial charge in [0.25, 0.3) is 0 Å². The lowest BCUT2D eigenvalue weighted by Gasteiger charge is -2.31. The highest BCUT2D eigenvalue weighted by Crippen LogP contribution is 2.32. The smallest absolute Gasteiger partial charge is 0.0794 e. The topological polar surface area (TPSA) is 35.8 Å². The Kier molecular flexibility index (Phi) is 5.95. The van der Waals surface area contributed by atoms with Crippen molar-refractivity contribution < 1.29 is 5.21 Å². The van der Waals surface area contributed by atoms with Crippen molar-refractivity contribution in [1.82, 2.24) is 0 Å². The van der Waals surface area contributed by atoms with Crippen LogP contribution in [0.5, 0.6) is 0 Å². The average molecular weight is 314 g/mol. The molecule has 3 heteroatoms. The fraction of sp³-hybridized carbons (Fsp3) is 0.650. The van der Waals surface area contributed by atoms with Crippen molar-refractivity contribution >= 4 is 11.4 Å². The number of nitrogens with zero attached hydrogens (tertiary/aromatic N) is 2. The molecule has 126 valence electrons. The molecule has 1 heterocycles. The number of para-hydroxylation sites is 1. The molecule has 0 aromatic heterocycles. The van der Waals surface area contributed by atoms with Crippen LogP contribution in [0.3, 0.4) is 0 Å². The molecule has 1 aliphatic carbocycles. The molecule has 0 bridgehead atoms. The van der Waals surface area contributed by atoms with Crippen LogP contribution in [0.4, 0.5) is 5.69 Å². The Hall–Kier alpha value is -1.51. The van der Waals surface area contributed by atoms with E-state index in [1.54, 1.807) is 0 Å². The molecule has 23 heavy (non-hydrogen) atoms. The Labute approximate surface area is 140 Å². The summed E-state index contributed by atoms with van der Waals surface area (Å²) in [5.74, 6) is 0. The summed E-state index contributed by atoms with van der Waals surface area (Å²) in [5.41, 5.74) is 3.80. The lowest BCUT2D eigenvalue weighted by atomic mass is 9.95. The number of fused-ring (bicyclic) bond motifs is 1. The second kappa shape index (κ2) is 8.37. The maximum Gasteiger partial charge on any atom is 0.0794 e. The molecule has 1 fully saturated rings. The molecule has 0 saturated heterocycles. The third-order valence-electron chi connectivity index (χ3n) is 5.47. The highest BCUT2D eigenvalue weighted by atomic mass is 16.4. The van der Waals surface area contributed by atoms with Gasteiger partial charge in [0, 0.05) is 12.2 Å². The van der Waals surface area contributed by atoms with Crippen molar-refractivity contribution in [2.45, 2.75) is 76.7 Å². The zero-order valence-corrected chi connectivity index (χ0v) is 14.2. The standard InChI is InChI=1S/C20H30N2O/c23-21-18-12-7-5-3-1-2-4-6-8-14-20(18)22-16-15-17-11-9-10-13-19(17)22/h9-11,13,20,23H,1-8,12,14-16H2/b21-18+/t20-/m1/s1. The largest absolute Gasteiger partial charge is 0.411 e. The van der Waals surface area contributed by atoms with Crippen molar-refractivity contribution in [2.75, 3.05) is 11.4 Å².